The highest BCUT2D eigenvalue weighted by Gasteiger charge is 2.11. The Morgan fingerprint density at radius 2 is 2.27 bits per heavy atom. The number of aliphatic hydroxyl groups excluding tert-OH is 1. The second-order valence-electron chi connectivity index (χ2n) is 3.99. The first-order valence-electron chi connectivity index (χ1n) is 5.30. The third-order valence-electron chi connectivity index (χ3n) is 2.15. The fourth-order valence-electron chi connectivity index (χ4n) is 1.30. The molecule has 1 unspecified atom stereocenters. The van der Waals surface area contributed by atoms with Crippen LogP contribution in [0.4, 0.5) is 11.5 Å². The molecule has 0 aliphatic heterocycles. The average molecular weight is 212 g/mol. The van der Waals surface area contributed by atoms with E-state index in [0.717, 1.165) is 5.82 Å². The molecule has 1 aromatic rings. The molecule has 0 saturated carbocycles. The molecule has 15 heavy (non-hydrogen) atoms. The van der Waals surface area contributed by atoms with E-state index < -0.39 is 0 Å². The standard InChI is InChI=1S/C10H20N4O/c1-4-8(15)6-14-10(13-7(2)3)9(11)5-12-14/h5,7-8,13,15H,4,6,11H2,1-3H3. The predicted molar refractivity (Wildman–Crippen MR) is 61.7 cm³/mol. The molecule has 86 valence electrons. The molecule has 0 saturated heterocycles. The lowest BCUT2D eigenvalue weighted by molar-refractivity contribution is 0.146. The smallest absolute Gasteiger partial charge is 0.148 e. The van der Waals surface area contributed by atoms with Gasteiger partial charge in [-0.15, -0.1) is 0 Å². The second-order valence-corrected chi connectivity index (χ2v) is 3.99. The highest BCUT2D eigenvalue weighted by molar-refractivity contribution is 5.60. The van der Waals surface area contributed by atoms with E-state index in [-0.39, 0.29) is 6.10 Å². The van der Waals surface area contributed by atoms with Gasteiger partial charge in [0.15, 0.2) is 0 Å². The molecule has 5 heteroatoms. The minimum absolute atomic E-state index is 0.293. The summed E-state index contributed by atoms with van der Waals surface area (Å²) in [6.45, 7) is 6.48. The third kappa shape index (κ3) is 3.13. The largest absolute Gasteiger partial charge is 0.394 e. The number of aliphatic hydroxyl groups is 1. The van der Waals surface area contributed by atoms with Crippen LogP contribution in [-0.4, -0.2) is 27.0 Å². The molecule has 0 amide bonds. The number of anilines is 2. The summed E-state index contributed by atoms with van der Waals surface area (Å²) in [4.78, 5) is 0. The van der Waals surface area contributed by atoms with Gasteiger partial charge in [0, 0.05) is 6.04 Å². The lowest BCUT2D eigenvalue weighted by Crippen LogP contribution is -2.20. The van der Waals surface area contributed by atoms with Gasteiger partial charge in [0.1, 0.15) is 5.82 Å². The zero-order valence-electron chi connectivity index (χ0n) is 9.57. The Balaban J connectivity index is 2.78. The van der Waals surface area contributed by atoms with Gasteiger partial charge in [-0.2, -0.15) is 5.10 Å². The molecule has 1 aromatic heterocycles. The fourth-order valence-corrected chi connectivity index (χ4v) is 1.30. The van der Waals surface area contributed by atoms with E-state index in [1.165, 1.54) is 0 Å². The second kappa shape index (κ2) is 5.02. The monoisotopic (exact) mass is 212 g/mol. The lowest BCUT2D eigenvalue weighted by Gasteiger charge is -2.15. The van der Waals surface area contributed by atoms with Gasteiger partial charge in [0.25, 0.3) is 0 Å². The van der Waals surface area contributed by atoms with Crippen LogP contribution in [0.1, 0.15) is 27.2 Å². The Bertz CT molecular complexity index is 308. The van der Waals surface area contributed by atoms with E-state index in [1.807, 2.05) is 20.8 Å². The van der Waals surface area contributed by atoms with Crippen LogP contribution in [0.25, 0.3) is 0 Å². The van der Waals surface area contributed by atoms with Crippen LogP contribution in [0.5, 0.6) is 0 Å². The number of nitrogens with zero attached hydrogens (tertiary/aromatic N) is 2. The zero-order chi connectivity index (χ0) is 11.4. The summed E-state index contributed by atoms with van der Waals surface area (Å²) in [6.07, 6.45) is 1.94. The number of aromatic nitrogens is 2. The number of nitrogens with two attached hydrogens (primary N) is 1. The summed E-state index contributed by atoms with van der Waals surface area (Å²) in [6, 6.07) is 0.293. The maximum Gasteiger partial charge on any atom is 0.148 e. The van der Waals surface area contributed by atoms with Gasteiger partial charge < -0.3 is 16.2 Å². The van der Waals surface area contributed by atoms with Crippen LogP contribution in [-0.2, 0) is 6.54 Å². The van der Waals surface area contributed by atoms with E-state index >= 15 is 0 Å². The Morgan fingerprint density at radius 3 is 2.80 bits per heavy atom. The van der Waals surface area contributed by atoms with Crippen molar-refractivity contribution in [2.75, 3.05) is 11.1 Å². The Labute approximate surface area is 90.3 Å². The minimum Gasteiger partial charge on any atom is -0.394 e. The molecule has 0 spiro atoms. The molecular weight excluding hydrogens is 192 g/mol. The first-order valence-corrected chi connectivity index (χ1v) is 5.30. The fraction of sp³-hybridized carbons (Fsp3) is 0.700. The number of hydrogen-bond donors (Lipinski definition) is 3. The molecule has 1 rings (SSSR count). The summed E-state index contributed by atoms with van der Waals surface area (Å²) < 4.78 is 1.71. The molecule has 4 N–H and O–H groups in total. The van der Waals surface area contributed by atoms with Crippen LogP contribution in [0.3, 0.4) is 0 Å². The van der Waals surface area contributed by atoms with Gasteiger partial charge in [-0.3, -0.25) is 0 Å². The van der Waals surface area contributed by atoms with Crippen LogP contribution >= 0.6 is 0 Å². The molecule has 0 aliphatic rings. The van der Waals surface area contributed by atoms with Gasteiger partial charge in [-0.25, -0.2) is 4.68 Å². The van der Waals surface area contributed by atoms with E-state index in [2.05, 4.69) is 10.4 Å². The van der Waals surface area contributed by atoms with E-state index in [0.29, 0.717) is 24.7 Å². The van der Waals surface area contributed by atoms with Crippen LogP contribution in [0.15, 0.2) is 6.20 Å². The summed E-state index contributed by atoms with van der Waals surface area (Å²) in [5, 5.41) is 16.9. The molecule has 0 bridgehead atoms. The van der Waals surface area contributed by atoms with Gasteiger partial charge in [-0.05, 0) is 20.3 Å². The SMILES string of the molecule is CCC(O)Cn1ncc(N)c1NC(C)C. The van der Waals surface area contributed by atoms with Crippen molar-refractivity contribution in [1.82, 2.24) is 9.78 Å². The number of nitrogen functional groups attached to an aromatic ring is 1. The van der Waals surface area contributed by atoms with E-state index in [1.54, 1.807) is 10.9 Å². The molecule has 0 aliphatic carbocycles. The Morgan fingerprint density at radius 1 is 1.60 bits per heavy atom. The predicted octanol–water partition coefficient (Wildman–Crippen LogP) is 1.06. The third-order valence-corrected chi connectivity index (χ3v) is 2.15. The topological polar surface area (TPSA) is 76.1 Å². The van der Waals surface area contributed by atoms with E-state index in [9.17, 15) is 5.11 Å². The summed E-state index contributed by atoms with van der Waals surface area (Å²) >= 11 is 0. The van der Waals surface area contributed by atoms with Gasteiger partial charge in [0.2, 0.25) is 0 Å². The number of hydrogen-bond acceptors (Lipinski definition) is 4. The van der Waals surface area contributed by atoms with Crippen molar-refractivity contribution < 1.29 is 5.11 Å². The van der Waals surface area contributed by atoms with E-state index in [4.69, 9.17) is 5.73 Å². The summed E-state index contributed by atoms with van der Waals surface area (Å²) in [7, 11) is 0. The van der Waals surface area contributed by atoms with Gasteiger partial charge in [-0.1, -0.05) is 6.92 Å². The minimum atomic E-state index is -0.378. The van der Waals surface area contributed by atoms with Crippen molar-refractivity contribution in [3.63, 3.8) is 0 Å². The van der Waals surface area contributed by atoms with Crippen molar-refractivity contribution >= 4 is 11.5 Å². The first-order chi connectivity index (χ1) is 7.04. The van der Waals surface area contributed by atoms with Crippen LogP contribution in [0.2, 0.25) is 0 Å². The molecule has 1 atom stereocenters. The maximum atomic E-state index is 9.55. The highest BCUT2D eigenvalue weighted by atomic mass is 16.3. The first kappa shape index (κ1) is 11.8. The quantitative estimate of drug-likeness (QED) is 0.682. The normalized spacial score (nSPS) is 13.1. The van der Waals surface area contributed by atoms with Crippen molar-refractivity contribution in [2.45, 2.75) is 45.9 Å². The molecule has 1 heterocycles. The summed E-state index contributed by atoms with van der Waals surface area (Å²) in [5.74, 6) is 0.789. The average Bonchev–Trinajstić information content (AvgIpc) is 2.49. The number of rotatable bonds is 5. The zero-order valence-corrected chi connectivity index (χ0v) is 9.57. The van der Waals surface area contributed by atoms with Crippen LogP contribution < -0.4 is 11.1 Å². The molecule has 0 aromatic carbocycles. The van der Waals surface area contributed by atoms with Gasteiger partial charge >= 0.3 is 0 Å². The maximum absolute atomic E-state index is 9.55. The highest BCUT2D eigenvalue weighted by Crippen LogP contribution is 2.18. The van der Waals surface area contributed by atoms with Crippen molar-refractivity contribution in [3.8, 4) is 0 Å². The van der Waals surface area contributed by atoms with Crippen molar-refractivity contribution in [2.24, 2.45) is 0 Å². The molecule has 0 radical (unpaired) electrons. The Hall–Kier alpha value is -1.23. The van der Waals surface area contributed by atoms with Crippen molar-refractivity contribution in [3.05, 3.63) is 6.20 Å². The van der Waals surface area contributed by atoms with Gasteiger partial charge in [0.05, 0.1) is 24.5 Å². The van der Waals surface area contributed by atoms with Crippen LogP contribution in [0, 0.1) is 0 Å². The molecular formula is C10H20N4O. The molecule has 0 fully saturated rings. The number of nitrogens with one attached hydrogen (secondary N) is 1. The lowest BCUT2D eigenvalue weighted by atomic mass is 10.3. The summed E-state index contributed by atoms with van der Waals surface area (Å²) in [5.41, 5.74) is 6.40. The Kier molecular flexibility index (Phi) is 3.96. The van der Waals surface area contributed by atoms with Crippen molar-refractivity contribution in [1.29, 1.82) is 0 Å². The molecule has 5 nitrogen and oxygen atoms in total.